The van der Waals surface area contributed by atoms with E-state index in [-0.39, 0.29) is 5.41 Å². The van der Waals surface area contributed by atoms with Crippen LogP contribution in [-0.4, -0.2) is 106 Å². The zero-order valence-corrected chi connectivity index (χ0v) is 23.8. The number of carbonyl (C=O) groups is 3. The molecular weight excluding hydrogens is 657 g/mol. The summed E-state index contributed by atoms with van der Waals surface area (Å²) in [5.41, 5.74) is 1.44. The van der Waals surface area contributed by atoms with Gasteiger partial charge in [0.05, 0.1) is 18.9 Å². The molecule has 0 amide bonds. The van der Waals surface area contributed by atoms with Gasteiger partial charge in [0, 0.05) is 49.2 Å². The Bertz CT molecular complexity index is 1140. The van der Waals surface area contributed by atoms with E-state index in [4.69, 9.17) is 34.4 Å². The predicted molar refractivity (Wildman–Crippen MR) is 138 cm³/mol. The van der Waals surface area contributed by atoms with Gasteiger partial charge in [-0.25, -0.2) is 14.4 Å². The highest BCUT2D eigenvalue weighted by molar-refractivity contribution is 7.09. The first-order valence-electron chi connectivity index (χ1n) is 12.5. The minimum atomic E-state index is -5.08. The minimum Gasteiger partial charge on any atom is -0.475 e. The number of aromatic nitrogens is 1. The second-order valence-corrected chi connectivity index (χ2v) is 10.6. The maximum atomic E-state index is 10.6. The number of nitrogens with zero attached hydrogens (tertiary/aromatic N) is 3. The summed E-state index contributed by atoms with van der Waals surface area (Å²) < 4.78 is 101. The molecule has 0 saturated carbocycles. The van der Waals surface area contributed by atoms with Crippen LogP contribution in [0.15, 0.2) is 41.9 Å². The summed E-state index contributed by atoms with van der Waals surface area (Å²) in [6, 6.07) is 10.6. The fraction of sp³-hybridized carbons (Fsp3) is 0.520. The van der Waals surface area contributed by atoms with Gasteiger partial charge in [0.2, 0.25) is 0 Å². The van der Waals surface area contributed by atoms with Crippen molar-refractivity contribution in [3.8, 4) is 0 Å². The lowest BCUT2D eigenvalue weighted by Crippen LogP contribution is -2.40. The van der Waals surface area contributed by atoms with Crippen molar-refractivity contribution >= 4 is 29.2 Å². The van der Waals surface area contributed by atoms with Gasteiger partial charge in [-0.15, -0.1) is 11.3 Å². The van der Waals surface area contributed by atoms with E-state index in [0.717, 1.165) is 51.6 Å². The molecule has 0 radical (unpaired) electrons. The largest absolute Gasteiger partial charge is 0.490 e. The number of carboxylic acids is 3. The van der Waals surface area contributed by atoms with Crippen LogP contribution in [0, 0.1) is 5.41 Å². The molecule has 254 valence electrons. The second-order valence-electron chi connectivity index (χ2n) is 9.53. The van der Waals surface area contributed by atoms with E-state index >= 15 is 0 Å². The van der Waals surface area contributed by atoms with Gasteiger partial charge in [-0.1, -0.05) is 12.1 Å². The zero-order chi connectivity index (χ0) is 34.5. The van der Waals surface area contributed by atoms with E-state index in [9.17, 15) is 39.5 Å². The number of hydrogen-bond acceptors (Lipinski definition) is 8. The number of carboxylic acid groups (broad SMARTS) is 3. The highest BCUT2D eigenvalue weighted by Gasteiger charge is 2.41. The Kier molecular flexibility index (Phi) is 15.2. The fourth-order valence-electron chi connectivity index (χ4n) is 3.97. The summed E-state index contributed by atoms with van der Waals surface area (Å²) in [5, 5.41) is 23.5. The molecule has 10 nitrogen and oxygen atoms in total. The third-order valence-corrected chi connectivity index (χ3v) is 6.70. The van der Waals surface area contributed by atoms with Crippen LogP contribution in [0.3, 0.4) is 0 Å². The molecule has 4 rings (SSSR count). The molecule has 3 N–H and O–H groups in total. The molecule has 20 heteroatoms. The van der Waals surface area contributed by atoms with Crippen LogP contribution in [-0.2, 0) is 32.2 Å². The molecule has 2 aromatic heterocycles. The van der Waals surface area contributed by atoms with Gasteiger partial charge in [-0.05, 0) is 36.5 Å². The number of aliphatic carboxylic acids is 3. The van der Waals surface area contributed by atoms with Crippen LogP contribution < -0.4 is 0 Å². The highest BCUT2D eigenvalue weighted by Crippen LogP contribution is 2.35. The lowest BCUT2D eigenvalue weighted by atomic mass is 9.87. The molecule has 2 fully saturated rings. The number of alkyl halides is 9. The number of likely N-dealkylation sites (tertiary alicyclic amines) is 1. The van der Waals surface area contributed by atoms with Crippen molar-refractivity contribution in [1.82, 2.24) is 14.8 Å². The summed E-state index contributed by atoms with van der Waals surface area (Å²) in [7, 11) is 0. The average Bonchev–Trinajstić information content (AvgIpc) is 3.52. The molecule has 2 aliphatic heterocycles. The molecule has 4 heterocycles. The maximum Gasteiger partial charge on any atom is 0.490 e. The van der Waals surface area contributed by atoms with Crippen LogP contribution in [0.4, 0.5) is 39.5 Å². The Labute approximate surface area is 253 Å². The van der Waals surface area contributed by atoms with Crippen molar-refractivity contribution in [2.75, 3.05) is 39.4 Å². The van der Waals surface area contributed by atoms with Gasteiger partial charge in [-0.3, -0.25) is 14.8 Å². The summed E-state index contributed by atoms with van der Waals surface area (Å²) in [6.07, 6.45) is -12.1. The third kappa shape index (κ3) is 15.9. The van der Waals surface area contributed by atoms with E-state index < -0.39 is 36.4 Å². The molecule has 45 heavy (non-hydrogen) atoms. The average molecular weight is 686 g/mol. The van der Waals surface area contributed by atoms with Crippen LogP contribution in [0.25, 0.3) is 0 Å². The third-order valence-electron chi connectivity index (χ3n) is 5.84. The van der Waals surface area contributed by atoms with Gasteiger partial charge in [-0.2, -0.15) is 39.5 Å². The number of hydrogen-bond donors (Lipinski definition) is 3. The molecule has 2 aliphatic rings. The topological polar surface area (TPSA) is 140 Å². The first-order chi connectivity index (χ1) is 20.6. The molecule has 0 aliphatic carbocycles. The minimum absolute atomic E-state index is 0.280. The standard InChI is InChI=1S/C19H25N3OS.3C2HF3O2/c1-2-7-20-17(4-1)12-22-9-10-23-16-19(15-22)6-8-21(14-19)13-18-5-3-11-24-18;3*3-2(4,5)1(6)7/h1-5,7,11H,6,8-10,12-16H2;3*(H,6,7). The Morgan fingerprint density at radius 2 is 1.31 bits per heavy atom. The van der Waals surface area contributed by atoms with Gasteiger partial charge in [0.15, 0.2) is 0 Å². The van der Waals surface area contributed by atoms with Gasteiger partial charge < -0.3 is 20.1 Å². The lowest BCUT2D eigenvalue weighted by molar-refractivity contribution is -0.193. The predicted octanol–water partition coefficient (Wildman–Crippen LogP) is 4.77. The Hall–Kier alpha value is -3.49. The molecule has 1 atom stereocenters. The quantitative estimate of drug-likeness (QED) is 0.386. The Morgan fingerprint density at radius 1 is 0.800 bits per heavy atom. The second kappa shape index (κ2) is 17.3. The van der Waals surface area contributed by atoms with Gasteiger partial charge in [0.1, 0.15) is 0 Å². The van der Waals surface area contributed by atoms with Crippen LogP contribution in [0.5, 0.6) is 0 Å². The lowest BCUT2D eigenvalue weighted by Gasteiger charge is -2.31. The number of rotatable bonds is 4. The first kappa shape index (κ1) is 39.5. The Morgan fingerprint density at radius 3 is 1.73 bits per heavy atom. The smallest absolute Gasteiger partial charge is 0.475 e. The SMILES string of the molecule is O=C(O)C(F)(F)F.O=C(O)C(F)(F)F.O=C(O)C(F)(F)F.c1ccc(CN2CCOCC3(CCN(Cc4cccs4)C3)C2)nc1. The van der Waals surface area contributed by atoms with Gasteiger partial charge in [0.25, 0.3) is 0 Å². The van der Waals surface area contributed by atoms with E-state index in [0.29, 0.717) is 0 Å². The summed E-state index contributed by atoms with van der Waals surface area (Å²) in [5.74, 6) is -8.27. The van der Waals surface area contributed by atoms with Crippen LogP contribution >= 0.6 is 11.3 Å². The van der Waals surface area contributed by atoms with E-state index in [1.807, 2.05) is 23.6 Å². The molecule has 1 spiro atoms. The number of thiophene rings is 1. The van der Waals surface area contributed by atoms with Crippen molar-refractivity contribution in [2.24, 2.45) is 5.41 Å². The normalized spacial score (nSPS) is 19.1. The number of ether oxygens (including phenoxy) is 1. The van der Waals surface area contributed by atoms with Crippen molar-refractivity contribution in [1.29, 1.82) is 0 Å². The first-order valence-corrected chi connectivity index (χ1v) is 13.4. The molecular formula is C25H28F9N3O7S. The van der Waals surface area contributed by atoms with Crippen molar-refractivity contribution in [3.05, 3.63) is 52.5 Å². The molecule has 2 saturated heterocycles. The van der Waals surface area contributed by atoms with Crippen molar-refractivity contribution in [2.45, 2.75) is 38.0 Å². The monoisotopic (exact) mass is 685 g/mol. The number of pyridine rings is 1. The van der Waals surface area contributed by atoms with E-state index in [1.165, 1.54) is 17.8 Å². The van der Waals surface area contributed by atoms with Crippen molar-refractivity contribution in [3.63, 3.8) is 0 Å². The maximum absolute atomic E-state index is 10.6. The van der Waals surface area contributed by atoms with E-state index in [2.05, 4.69) is 44.4 Å². The van der Waals surface area contributed by atoms with Crippen LogP contribution in [0.1, 0.15) is 17.0 Å². The zero-order valence-electron chi connectivity index (χ0n) is 23.0. The summed E-state index contributed by atoms with van der Waals surface area (Å²) in [4.78, 5) is 37.8. The number of halogens is 9. The Balaban J connectivity index is 0.000000396. The molecule has 1 unspecified atom stereocenters. The van der Waals surface area contributed by atoms with Crippen molar-refractivity contribution < 1.29 is 74.0 Å². The van der Waals surface area contributed by atoms with Crippen LogP contribution in [0.2, 0.25) is 0 Å². The van der Waals surface area contributed by atoms with Gasteiger partial charge >= 0.3 is 36.4 Å². The molecule has 0 bridgehead atoms. The summed E-state index contributed by atoms with van der Waals surface area (Å²) >= 11 is 1.86. The fourth-order valence-corrected chi connectivity index (χ4v) is 4.72. The molecule has 2 aromatic rings. The molecule has 0 aromatic carbocycles. The van der Waals surface area contributed by atoms with E-state index in [1.54, 1.807) is 0 Å². The summed E-state index contributed by atoms with van der Waals surface area (Å²) in [6.45, 7) is 8.18. The highest BCUT2D eigenvalue weighted by atomic mass is 32.1.